The Kier molecular flexibility index (Phi) is 3.25. The van der Waals surface area contributed by atoms with E-state index in [1.54, 1.807) is 6.07 Å². The Balaban J connectivity index is 2.17. The Morgan fingerprint density at radius 1 is 1.29 bits per heavy atom. The fraction of sp³-hybridized carbons (Fsp3) is 0.188. The van der Waals surface area contributed by atoms with Gasteiger partial charge in [-0.15, -0.1) is 0 Å². The van der Waals surface area contributed by atoms with E-state index in [0.29, 0.717) is 5.56 Å². The number of hydrogen-bond acceptors (Lipinski definition) is 3. The molecule has 3 N–H and O–H groups in total. The zero-order valence-electron chi connectivity index (χ0n) is 11.6. The maximum absolute atomic E-state index is 13.5. The number of anilines is 2. The molecule has 0 saturated heterocycles. The topological polar surface area (TPSA) is 61.8 Å². The maximum Gasteiger partial charge on any atom is 0.172 e. The number of fused-ring (bicyclic) bond motifs is 1. The zero-order chi connectivity index (χ0) is 15.0. The van der Waals surface area contributed by atoms with Crippen molar-refractivity contribution in [2.45, 2.75) is 19.4 Å². The number of oxime groups is 1. The first-order valence-electron chi connectivity index (χ1n) is 6.76. The van der Waals surface area contributed by atoms with Gasteiger partial charge in [0.15, 0.2) is 5.84 Å². The van der Waals surface area contributed by atoms with Crippen LogP contribution in [0.4, 0.5) is 15.8 Å². The van der Waals surface area contributed by atoms with Crippen LogP contribution in [0.2, 0.25) is 0 Å². The number of halogens is 1. The molecule has 5 heteroatoms. The van der Waals surface area contributed by atoms with Crippen LogP contribution in [0.1, 0.15) is 18.1 Å². The molecule has 1 aliphatic heterocycles. The summed E-state index contributed by atoms with van der Waals surface area (Å²) >= 11 is 0. The van der Waals surface area contributed by atoms with Crippen molar-refractivity contribution in [3.8, 4) is 0 Å². The second-order valence-corrected chi connectivity index (χ2v) is 5.20. The maximum atomic E-state index is 13.5. The lowest BCUT2D eigenvalue weighted by Crippen LogP contribution is -2.27. The second-order valence-electron chi connectivity index (χ2n) is 5.20. The summed E-state index contributed by atoms with van der Waals surface area (Å²) in [4.78, 5) is 2.10. The van der Waals surface area contributed by atoms with E-state index < -0.39 is 5.82 Å². The number of nitrogens with zero attached hydrogens (tertiary/aromatic N) is 2. The lowest BCUT2D eigenvalue weighted by molar-refractivity contribution is 0.318. The molecule has 1 atom stereocenters. The van der Waals surface area contributed by atoms with Gasteiger partial charge in [-0.3, -0.25) is 0 Å². The van der Waals surface area contributed by atoms with Crippen LogP contribution in [0.5, 0.6) is 0 Å². The molecule has 1 aliphatic rings. The predicted molar refractivity (Wildman–Crippen MR) is 80.7 cm³/mol. The standard InChI is InChI=1S/C16H16FN3O/c1-10-8-11-4-2-3-5-14(11)20(10)15-7-6-12(17)9-13(15)16(18)19-21/h2-7,9-10,21H,8H2,1H3,(H2,18,19). The van der Waals surface area contributed by atoms with Crippen LogP contribution in [-0.4, -0.2) is 17.1 Å². The molecule has 0 radical (unpaired) electrons. The molecule has 0 bridgehead atoms. The Hall–Kier alpha value is -2.56. The fourth-order valence-electron chi connectivity index (χ4n) is 2.91. The third-order valence-corrected chi connectivity index (χ3v) is 3.81. The molecule has 108 valence electrons. The molecule has 0 amide bonds. The SMILES string of the molecule is CC1Cc2ccccc2N1c1ccc(F)cc1C(N)=NO. The molecule has 0 aromatic heterocycles. The molecule has 0 fully saturated rings. The minimum absolute atomic E-state index is 0.0962. The van der Waals surface area contributed by atoms with Crippen molar-refractivity contribution < 1.29 is 9.60 Å². The first kappa shape index (κ1) is 13.4. The quantitative estimate of drug-likeness (QED) is 0.386. The van der Waals surface area contributed by atoms with Gasteiger partial charge >= 0.3 is 0 Å². The van der Waals surface area contributed by atoms with E-state index in [1.807, 2.05) is 18.2 Å². The molecule has 3 rings (SSSR count). The van der Waals surface area contributed by atoms with E-state index >= 15 is 0 Å². The van der Waals surface area contributed by atoms with Gasteiger partial charge in [-0.05, 0) is 43.2 Å². The van der Waals surface area contributed by atoms with E-state index in [4.69, 9.17) is 10.9 Å². The highest BCUT2D eigenvalue weighted by atomic mass is 19.1. The van der Waals surface area contributed by atoms with Crippen molar-refractivity contribution in [1.29, 1.82) is 0 Å². The Morgan fingerprint density at radius 3 is 2.81 bits per heavy atom. The summed E-state index contributed by atoms with van der Waals surface area (Å²) in [5.74, 6) is -0.512. The molecule has 1 heterocycles. The summed E-state index contributed by atoms with van der Waals surface area (Å²) in [6.07, 6.45) is 0.906. The first-order valence-corrected chi connectivity index (χ1v) is 6.76. The molecule has 0 aliphatic carbocycles. The van der Waals surface area contributed by atoms with Crippen molar-refractivity contribution in [1.82, 2.24) is 0 Å². The molecule has 2 aromatic carbocycles. The smallest absolute Gasteiger partial charge is 0.172 e. The van der Waals surface area contributed by atoms with Crippen LogP contribution in [0.15, 0.2) is 47.6 Å². The lowest BCUT2D eigenvalue weighted by atomic mass is 10.1. The van der Waals surface area contributed by atoms with Crippen molar-refractivity contribution in [3.05, 3.63) is 59.4 Å². The summed E-state index contributed by atoms with van der Waals surface area (Å²) < 4.78 is 13.5. The van der Waals surface area contributed by atoms with Gasteiger partial charge in [0.2, 0.25) is 0 Å². The molecule has 0 spiro atoms. The highest BCUT2D eigenvalue weighted by Crippen LogP contribution is 2.39. The minimum atomic E-state index is -0.416. The summed E-state index contributed by atoms with van der Waals surface area (Å²) in [6, 6.07) is 12.6. The van der Waals surface area contributed by atoms with Gasteiger partial charge < -0.3 is 15.8 Å². The second kappa shape index (κ2) is 5.09. The Morgan fingerprint density at radius 2 is 2.05 bits per heavy atom. The highest BCUT2D eigenvalue weighted by Gasteiger charge is 2.29. The van der Waals surface area contributed by atoms with E-state index in [1.165, 1.54) is 17.7 Å². The first-order chi connectivity index (χ1) is 10.1. The van der Waals surface area contributed by atoms with E-state index in [0.717, 1.165) is 17.8 Å². The largest absolute Gasteiger partial charge is 0.409 e. The van der Waals surface area contributed by atoms with Gasteiger partial charge in [0.25, 0.3) is 0 Å². The average molecular weight is 285 g/mol. The van der Waals surface area contributed by atoms with Crippen molar-refractivity contribution in [2.24, 2.45) is 10.9 Å². The highest BCUT2D eigenvalue weighted by molar-refractivity contribution is 6.03. The third kappa shape index (κ3) is 2.20. The number of benzene rings is 2. The van der Waals surface area contributed by atoms with Crippen LogP contribution in [0.25, 0.3) is 0 Å². The van der Waals surface area contributed by atoms with Crippen LogP contribution in [-0.2, 0) is 6.42 Å². The van der Waals surface area contributed by atoms with Crippen LogP contribution in [0.3, 0.4) is 0 Å². The van der Waals surface area contributed by atoms with Crippen molar-refractivity contribution in [2.75, 3.05) is 4.90 Å². The van der Waals surface area contributed by atoms with Gasteiger partial charge in [0, 0.05) is 17.3 Å². The van der Waals surface area contributed by atoms with Gasteiger partial charge in [-0.1, -0.05) is 23.4 Å². The summed E-state index contributed by atoms with van der Waals surface area (Å²) in [5, 5.41) is 11.9. The fourth-order valence-corrected chi connectivity index (χ4v) is 2.91. The summed E-state index contributed by atoms with van der Waals surface area (Å²) in [7, 11) is 0. The number of rotatable bonds is 2. The average Bonchev–Trinajstić information content (AvgIpc) is 2.82. The van der Waals surface area contributed by atoms with E-state index in [-0.39, 0.29) is 11.9 Å². The van der Waals surface area contributed by atoms with Gasteiger partial charge in [-0.2, -0.15) is 0 Å². The molecule has 1 unspecified atom stereocenters. The minimum Gasteiger partial charge on any atom is -0.409 e. The van der Waals surface area contributed by atoms with Crippen molar-refractivity contribution >= 4 is 17.2 Å². The number of para-hydroxylation sites is 1. The molecule has 4 nitrogen and oxygen atoms in total. The molecule has 2 aromatic rings. The summed E-state index contributed by atoms with van der Waals surface area (Å²) in [6.45, 7) is 2.10. The van der Waals surface area contributed by atoms with Crippen LogP contribution < -0.4 is 10.6 Å². The zero-order valence-corrected chi connectivity index (χ0v) is 11.6. The van der Waals surface area contributed by atoms with Crippen molar-refractivity contribution in [3.63, 3.8) is 0 Å². The van der Waals surface area contributed by atoms with E-state index in [9.17, 15) is 4.39 Å². The number of hydrogen-bond donors (Lipinski definition) is 2. The van der Waals surface area contributed by atoms with Crippen LogP contribution >= 0.6 is 0 Å². The van der Waals surface area contributed by atoms with Gasteiger partial charge in [0.1, 0.15) is 5.82 Å². The Bertz CT molecular complexity index is 714. The monoisotopic (exact) mass is 285 g/mol. The lowest BCUT2D eigenvalue weighted by Gasteiger charge is -2.27. The number of amidine groups is 1. The Labute approximate surface area is 122 Å². The normalized spacial score (nSPS) is 17.9. The van der Waals surface area contributed by atoms with E-state index in [2.05, 4.69) is 23.0 Å². The molecule has 21 heavy (non-hydrogen) atoms. The predicted octanol–water partition coefficient (Wildman–Crippen LogP) is 3.00. The van der Waals surface area contributed by atoms with Gasteiger partial charge in [-0.25, -0.2) is 4.39 Å². The molecule has 0 saturated carbocycles. The number of nitrogens with two attached hydrogens (primary N) is 1. The van der Waals surface area contributed by atoms with Crippen LogP contribution in [0, 0.1) is 5.82 Å². The molecular weight excluding hydrogens is 269 g/mol. The third-order valence-electron chi connectivity index (χ3n) is 3.81. The molecular formula is C16H16FN3O. The van der Waals surface area contributed by atoms with Gasteiger partial charge in [0.05, 0.1) is 5.69 Å². The summed E-state index contributed by atoms with van der Waals surface area (Å²) in [5.41, 5.74) is 9.14.